The molecule has 12 heavy (non-hydrogen) atoms. The fourth-order valence-electron chi connectivity index (χ4n) is 0.797. The standard InChI is InChI=1S/C8H10N4/c9-2-4-12-8-5-7(6-10)1-3-11-8/h1,3,5H,2,4,9H2,(H,11,12). The van der Waals surface area contributed by atoms with Gasteiger partial charge in [0.05, 0.1) is 11.6 Å². The Bertz CT molecular complexity index is 289. The molecule has 0 radical (unpaired) electrons. The number of hydrogen-bond donors (Lipinski definition) is 2. The molecule has 0 aromatic carbocycles. The van der Waals surface area contributed by atoms with Gasteiger partial charge in [0.15, 0.2) is 0 Å². The summed E-state index contributed by atoms with van der Waals surface area (Å²) in [6.45, 7) is 1.22. The third-order valence-electron chi connectivity index (χ3n) is 1.34. The molecule has 4 heteroatoms. The summed E-state index contributed by atoms with van der Waals surface area (Å²) >= 11 is 0. The van der Waals surface area contributed by atoms with Gasteiger partial charge < -0.3 is 11.1 Å². The normalized spacial score (nSPS) is 9.00. The van der Waals surface area contributed by atoms with Gasteiger partial charge in [0, 0.05) is 19.3 Å². The molecule has 0 atom stereocenters. The molecule has 0 aliphatic heterocycles. The molecule has 0 bridgehead atoms. The largest absolute Gasteiger partial charge is 0.369 e. The van der Waals surface area contributed by atoms with E-state index in [1.807, 2.05) is 6.07 Å². The molecule has 0 saturated carbocycles. The Kier molecular flexibility index (Phi) is 3.05. The maximum Gasteiger partial charge on any atom is 0.127 e. The molecule has 0 fully saturated rings. The van der Waals surface area contributed by atoms with Gasteiger partial charge in [-0.3, -0.25) is 0 Å². The van der Waals surface area contributed by atoms with E-state index in [9.17, 15) is 0 Å². The van der Waals surface area contributed by atoms with Crippen LogP contribution in [0.25, 0.3) is 0 Å². The minimum atomic E-state index is 0.554. The highest BCUT2D eigenvalue weighted by Gasteiger charge is 1.93. The van der Waals surface area contributed by atoms with E-state index >= 15 is 0 Å². The van der Waals surface area contributed by atoms with Crippen LogP contribution in [0.3, 0.4) is 0 Å². The third kappa shape index (κ3) is 2.22. The summed E-state index contributed by atoms with van der Waals surface area (Å²) < 4.78 is 0. The topological polar surface area (TPSA) is 74.7 Å². The van der Waals surface area contributed by atoms with E-state index < -0.39 is 0 Å². The zero-order valence-corrected chi connectivity index (χ0v) is 6.62. The summed E-state index contributed by atoms with van der Waals surface area (Å²) in [4.78, 5) is 4.01. The summed E-state index contributed by atoms with van der Waals surface area (Å²) in [6.07, 6.45) is 1.59. The maximum absolute atomic E-state index is 8.56. The van der Waals surface area contributed by atoms with E-state index in [-0.39, 0.29) is 0 Å². The number of rotatable bonds is 3. The van der Waals surface area contributed by atoms with Crippen LogP contribution in [0.15, 0.2) is 18.3 Å². The highest BCUT2D eigenvalue weighted by Crippen LogP contribution is 2.04. The first kappa shape index (κ1) is 8.50. The molecule has 1 aromatic heterocycles. The van der Waals surface area contributed by atoms with Gasteiger partial charge in [-0.15, -0.1) is 0 Å². The molecular weight excluding hydrogens is 152 g/mol. The van der Waals surface area contributed by atoms with Gasteiger partial charge in [-0.05, 0) is 12.1 Å². The van der Waals surface area contributed by atoms with E-state index in [0.29, 0.717) is 24.5 Å². The molecule has 4 nitrogen and oxygen atoms in total. The van der Waals surface area contributed by atoms with Gasteiger partial charge in [0.2, 0.25) is 0 Å². The fraction of sp³-hybridized carbons (Fsp3) is 0.250. The Morgan fingerprint density at radius 2 is 2.50 bits per heavy atom. The Morgan fingerprint density at radius 1 is 1.67 bits per heavy atom. The molecule has 1 aromatic rings. The molecule has 1 rings (SSSR count). The minimum absolute atomic E-state index is 0.554. The number of anilines is 1. The second kappa shape index (κ2) is 4.31. The smallest absolute Gasteiger partial charge is 0.127 e. The lowest BCUT2D eigenvalue weighted by Crippen LogP contribution is -2.13. The van der Waals surface area contributed by atoms with Crippen LogP contribution in [-0.4, -0.2) is 18.1 Å². The second-order valence-corrected chi connectivity index (χ2v) is 2.26. The third-order valence-corrected chi connectivity index (χ3v) is 1.34. The Labute approximate surface area is 71.0 Å². The van der Waals surface area contributed by atoms with Gasteiger partial charge in [0.1, 0.15) is 5.82 Å². The van der Waals surface area contributed by atoms with Crippen molar-refractivity contribution < 1.29 is 0 Å². The van der Waals surface area contributed by atoms with E-state index in [4.69, 9.17) is 11.0 Å². The summed E-state index contributed by atoms with van der Waals surface area (Å²) in [6, 6.07) is 5.38. The first-order chi connectivity index (χ1) is 5.86. The highest BCUT2D eigenvalue weighted by atomic mass is 15.0. The number of nitrogens with zero attached hydrogens (tertiary/aromatic N) is 2. The fourth-order valence-corrected chi connectivity index (χ4v) is 0.797. The van der Waals surface area contributed by atoms with Gasteiger partial charge in [-0.1, -0.05) is 0 Å². The predicted molar refractivity (Wildman–Crippen MR) is 46.5 cm³/mol. The van der Waals surface area contributed by atoms with Crippen LogP contribution in [0.1, 0.15) is 5.56 Å². The van der Waals surface area contributed by atoms with Crippen molar-refractivity contribution in [2.75, 3.05) is 18.4 Å². The van der Waals surface area contributed by atoms with Crippen LogP contribution in [0.2, 0.25) is 0 Å². The van der Waals surface area contributed by atoms with Crippen molar-refractivity contribution >= 4 is 5.82 Å². The molecule has 0 aliphatic carbocycles. The van der Waals surface area contributed by atoms with Crippen molar-refractivity contribution in [3.8, 4) is 6.07 Å². The molecule has 0 saturated heterocycles. The predicted octanol–water partition coefficient (Wildman–Crippen LogP) is 0.324. The minimum Gasteiger partial charge on any atom is -0.369 e. The lowest BCUT2D eigenvalue weighted by Gasteiger charge is -2.01. The Morgan fingerprint density at radius 3 is 3.17 bits per heavy atom. The summed E-state index contributed by atoms with van der Waals surface area (Å²) in [5, 5.41) is 11.5. The van der Waals surface area contributed by atoms with Crippen molar-refractivity contribution in [2.24, 2.45) is 5.73 Å². The van der Waals surface area contributed by atoms with Crippen LogP contribution in [0.5, 0.6) is 0 Å². The molecule has 0 unspecified atom stereocenters. The first-order valence-electron chi connectivity index (χ1n) is 3.67. The van der Waals surface area contributed by atoms with Gasteiger partial charge in [-0.25, -0.2) is 4.98 Å². The van der Waals surface area contributed by atoms with Crippen molar-refractivity contribution in [3.05, 3.63) is 23.9 Å². The van der Waals surface area contributed by atoms with E-state index in [1.54, 1.807) is 18.3 Å². The molecule has 0 amide bonds. The zero-order chi connectivity index (χ0) is 8.81. The average Bonchev–Trinajstić information content (AvgIpc) is 2.15. The average molecular weight is 162 g/mol. The quantitative estimate of drug-likeness (QED) is 0.671. The van der Waals surface area contributed by atoms with Crippen molar-refractivity contribution in [2.45, 2.75) is 0 Å². The van der Waals surface area contributed by atoms with Crippen LogP contribution < -0.4 is 11.1 Å². The van der Waals surface area contributed by atoms with Crippen LogP contribution in [0, 0.1) is 11.3 Å². The number of nitrogens with one attached hydrogen (secondary N) is 1. The SMILES string of the molecule is N#Cc1ccnc(NCCN)c1. The lowest BCUT2D eigenvalue weighted by molar-refractivity contribution is 1.01. The van der Waals surface area contributed by atoms with Crippen LogP contribution in [-0.2, 0) is 0 Å². The Hall–Kier alpha value is -1.60. The Balaban J connectivity index is 2.68. The van der Waals surface area contributed by atoms with E-state index in [0.717, 1.165) is 0 Å². The summed E-state index contributed by atoms with van der Waals surface area (Å²) in [5.41, 5.74) is 5.89. The highest BCUT2D eigenvalue weighted by molar-refractivity contribution is 5.42. The van der Waals surface area contributed by atoms with Gasteiger partial charge >= 0.3 is 0 Å². The molecule has 0 aliphatic rings. The van der Waals surface area contributed by atoms with Crippen molar-refractivity contribution in [3.63, 3.8) is 0 Å². The van der Waals surface area contributed by atoms with E-state index in [1.165, 1.54) is 0 Å². The van der Waals surface area contributed by atoms with E-state index in [2.05, 4.69) is 10.3 Å². The lowest BCUT2D eigenvalue weighted by atomic mass is 10.3. The molecule has 62 valence electrons. The zero-order valence-electron chi connectivity index (χ0n) is 6.62. The number of pyridine rings is 1. The monoisotopic (exact) mass is 162 g/mol. The van der Waals surface area contributed by atoms with Crippen molar-refractivity contribution in [1.82, 2.24) is 4.98 Å². The second-order valence-electron chi connectivity index (χ2n) is 2.26. The van der Waals surface area contributed by atoms with Gasteiger partial charge in [-0.2, -0.15) is 5.26 Å². The summed E-state index contributed by atoms with van der Waals surface area (Å²) in [5.74, 6) is 0.694. The first-order valence-corrected chi connectivity index (χ1v) is 3.67. The number of nitriles is 1. The van der Waals surface area contributed by atoms with Crippen LogP contribution in [0.4, 0.5) is 5.82 Å². The number of aromatic nitrogens is 1. The number of hydrogen-bond acceptors (Lipinski definition) is 4. The summed E-state index contributed by atoms with van der Waals surface area (Å²) in [7, 11) is 0. The number of nitrogens with two attached hydrogens (primary N) is 1. The molecular formula is C8H10N4. The molecule has 3 N–H and O–H groups in total. The van der Waals surface area contributed by atoms with Crippen molar-refractivity contribution in [1.29, 1.82) is 5.26 Å². The van der Waals surface area contributed by atoms with Gasteiger partial charge in [0.25, 0.3) is 0 Å². The molecule has 1 heterocycles. The molecule has 0 spiro atoms. The maximum atomic E-state index is 8.56. The van der Waals surface area contributed by atoms with Crippen LogP contribution >= 0.6 is 0 Å².